The van der Waals surface area contributed by atoms with Crippen molar-refractivity contribution in [3.63, 3.8) is 0 Å². The molecule has 0 atom stereocenters. The largest absolute Gasteiger partial charge is 0.463 e. The van der Waals surface area contributed by atoms with Gasteiger partial charge in [0.15, 0.2) is 12.1 Å². The maximum absolute atomic E-state index is 10.4. The number of hydrogen-bond donors (Lipinski definition) is 0. The number of carbonyl (C=O) groups is 1. The van der Waals surface area contributed by atoms with Gasteiger partial charge in [-0.15, -0.1) is 0 Å². The summed E-state index contributed by atoms with van der Waals surface area (Å²) in [4.78, 5) is 10.4. The number of nitrogens with zero attached hydrogens (tertiary/aromatic N) is 2. The Labute approximate surface area is 85.6 Å². The molecule has 0 unspecified atom stereocenters. The summed E-state index contributed by atoms with van der Waals surface area (Å²) in [6.45, 7) is 5.46. The molecule has 0 aliphatic rings. The van der Waals surface area contributed by atoms with E-state index in [0.29, 0.717) is 6.42 Å². The maximum atomic E-state index is 10.4. The van der Waals surface area contributed by atoms with Crippen molar-refractivity contribution in [1.82, 2.24) is 0 Å². The van der Waals surface area contributed by atoms with E-state index in [0.717, 1.165) is 0 Å². The van der Waals surface area contributed by atoms with Crippen molar-refractivity contribution < 1.29 is 9.53 Å². The Morgan fingerprint density at radius 2 is 1.77 bits per heavy atom. The highest BCUT2D eigenvalue weighted by Crippen LogP contribution is 1.90. The SMILES string of the molecule is CCC(=O)OC(C)C.N#CC#N.S. The van der Waals surface area contributed by atoms with Crippen molar-refractivity contribution in [2.75, 3.05) is 0 Å². The van der Waals surface area contributed by atoms with Crippen molar-refractivity contribution in [2.24, 2.45) is 0 Å². The van der Waals surface area contributed by atoms with Crippen LogP contribution in [0.4, 0.5) is 0 Å². The molecule has 0 rings (SSSR count). The van der Waals surface area contributed by atoms with E-state index in [1.807, 2.05) is 13.8 Å². The lowest BCUT2D eigenvalue weighted by Crippen LogP contribution is -2.09. The summed E-state index contributed by atoms with van der Waals surface area (Å²) in [5.74, 6) is -0.125. The molecule has 5 heteroatoms. The highest BCUT2D eigenvalue weighted by atomic mass is 32.1. The Bertz CT molecular complexity index is 191. The molecule has 0 aromatic heterocycles. The topological polar surface area (TPSA) is 73.9 Å². The Kier molecular flexibility index (Phi) is 18.3. The fourth-order valence-electron chi connectivity index (χ4n) is 0.346. The van der Waals surface area contributed by atoms with Crippen LogP contribution in [0.25, 0.3) is 0 Å². The lowest BCUT2D eigenvalue weighted by Gasteiger charge is -2.04. The molecular weight excluding hydrogens is 188 g/mol. The molecule has 0 aliphatic carbocycles. The number of carbonyl (C=O) groups excluding carboxylic acids is 1. The van der Waals surface area contributed by atoms with Gasteiger partial charge in [-0.1, -0.05) is 6.92 Å². The van der Waals surface area contributed by atoms with E-state index >= 15 is 0 Å². The monoisotopic (exact) mass is 202 g/mol. The molecule has 0 saturated carbocycles. The van der Waals surface area contributed by atoms with Gasteiger partial charge in [-0.3, -0.25) is 4.79 Å². The number of nitriles is 2. The molecule has 0 aromatic rings. The van der Waals surface area contributed by atoms with Gasteiger partial charge in [0.25, 0.3) is 0 Å². The standard InChI is InChI=1S/C6H12O2.C2N2.H2S/c1-4-6(7)8-5(2)3;3-1-2-4;/h5H,4H2,1-3H3;;1H2. The van der Waals surface area contributed by atoms with Gasteiger partial charge in [0.1, 0.15) is 0 Å². The molecule has 0 heterocycles. The summed E-state index contributed by atoms with van der Waals surface area (Å²) in [6, 6.07) is 2.47. The zero-order chi connectivity index (χ0) is 9.98. The molecule has 0 aromatic carbocycles. The van der Waals surface area contributed by atoms with E-state index in [1.165, 1.54) is 12.1 Å². The van der Waals surface area contributed by atoms with E-state index < -0.39 is 0 Å². The molecule has 0 amide bonds. The minimum absolute atomic E-state index is 0. The maximum Gasteiger partial charge on any atom is 0.305 e. The van der Waals surface area contributed by atoms with Crippen LogP contribution in [0, 0.1) is 22.7 Å². The Morgan fingerprint density at radius 3 is 1.85 bits per heavy atom. The van der Waals surface area contributed by atoms with Crippen LogP contribution in [0.3, 0.4) is 0 Å². The second-order valence-electron chi connectivity index (χ2n) is 2.12. The summed E-state index contributed by atoms with van der Waals surface area (Å²) < 4.78 is 4.76. The molecule has 0 aliphatic heterocycles. The molecule has 13 heavy (non-hydrogen) atoms. The first-order chi connectivity index (χ1) is 5.58. The van der Waals surface area contributed by atoms with Gasteiger partial charge in [-0.25, -0.2) is 0 Å². The van der Waals surface area contributed by atoms with Crippen molar-refractivity contribution in [3.05, 3.63) is 0 Å². The van der Waals surface area contributed by atoms with Crippen LogP contribution >= 0.6 is 13.5 Å². The minimum Gasteiger partial charge on any atom is -0.463 e. The summed E-state index contributed by atoms with van der Waals surface area (Å²) in [5, 5.41) is 14.5. The average Bonchev–Trinajstić information content (AvgIpc) is 2.04. The number of rotatable bonds is 2. The van der Waals surface area contributed by atoms with Crippen LogP contribution in [0.15, 0.2) is 0 Å². The predicted octanol–water partition coefficient (Wildman–Crippen LogP) is 1.49. The molecule has 0 spiro atoms. The first-order valence-electron chi connectivity index (χ1n) is 3.56. The van der Waals surface area contributed by atoms with Crippen LogP contribution in [-0.2, 0) is 9.53 Å². The normalized spacial score (nSPS) is 6.62. The fourth-order valence-corrected chi connectivity index (χ4v) is 0.346. The Morgan fingerprint density at radius 1 is 1.38 bits per heavy atom. The molecule has 0 saturated heterocycles. The Hall–Kier alpha value is -1.20. The van der Waals surface area contributed by atoms with E-state index in [-0.39, 0.29) is 25.6 Å². The van der Waals surface area contributed by atoms with Crippen molar-refractivity contribution in [2.45, 2.75) is 33.3 Å². The van der Waals surface area contributed by atoms with Gasteiger partial charge >= 0.3 is 5.97 Å². The molecule has 0 bridgehead atoms. The van der Waals surface area contributed by atoms with E-state index in [2.05, 4.69) is 0 Å². The highest BCUT2D eigenvalue weighted by molar-refractivity contribution is 7.59. The quantitative estimate of drug-likeness (QED) is 0.636. The lowest BCUT2D eigenvalue weighted by atomic mass is 10.4. The lowest BCUT2D eigenvalue weighted by molar-refractivity contribution is -0.146. The summed E-state index contributed by atoms with van der Waals surface area (Å²) in [6.07, 6.45) is 0.500. The van der Waals surface area contributed by atoms with Crippen LogP contribution in [0.1, 0.15) is 27.2 Å². The van der Waals surface area contributed by atoms with Crippen LogP contribution in [0.2, 0.25) is 0 Å². The Balaban J connectivity index is -0.000000173. The number of hydrogen-bond acceptors (Lipinski definition) is 4. The van der Waals surface area contributed by atoms with Gasteiger partial charge < -0.3 is 4.74 Å². The molecule has 4 nitrogen and oxygen atoms in total. The zero-order valence-electron chi connectivity index (χ0n) is 8.00. The third kappa shape index (κ3) is 24.9. The highest BCUT2D eigenvalue weighted by Gasteiger charge is 1.98. The number of ether oxygens (including phenoxy) is 1. The third-order valence-corrected chi connectivity index (χ3v) is 0.706. The zero-order valence-corrected chi connectivity index (χ0v) is 9.00. The summed E-state index contributed by atoms with van der Waals surface area (Å²) in [7, 11) is 0. The van der Waals surface area contributed by atoms with E-state index in [1.54, 1.807) is 6.92 Å². The summed E-state index contributed by atoms with van der Waals surface area (Å²) in [5.41, 5.74) is 0. The third-order valence-electron chi connectivity index (χ3n) is 0.706. The molecule has 0 N–H and O–H groups in total. The van der Waals surface area contributed by atoms with Crippen LogP contribution in [0.5, 0.6) is 0 Å². The smallest absolute Gasteiger partial charge is 0.305 e. The van der Waals surface area contributed by atoms with Gasteiger partial charge in [-0.2, -0.15) is 24.0 Å². The molecule has 0 radical (unpaired) electrons. The predicted molar refractivity (Wildman–Crippen MR) is 53.1 cm³/mol. The van der Waals surface area contributed by atoms with Crippen molar-refractivity contribution >= 4 is 19.5 Å². The fraction of sp³-hybridized carbons (Fsp3) is 0.625. The van der Waals surface area contributed by atoms with E-state index in [9.17, 15) is 4.79 Å². The van der Waals surface area contributed by atoms with Gasteiger partial charge in [-0.05, 0) is 13.8 Å². The first-order valence-corrected chi connectivity index (χ1v) is 3.56. The van der Waals surface area contributed by atoms with E-state index in [4.69, 9.17) is 15.3 Å². The van der Waals surface area contributed by atoms with Crippen molar-refractivity contribution in [3.8, 4) is 12.1 Å². The average molecular weight is 202 g/mol. The second-order valence-corrected chi connectivity index (χ2v) is 2.12. The van der Waals surface area contributed by atoms with Gasteiger partial charge in [0.05, 0.1) is 6.10 Å². The number of esters is 1. The molecule has 74 valence electrons. The first kappa shape index (κ1) is 17.8. The van der Waals surface area contributed by atoms with Crippen LogP contribution in [-0.4, -0.2) is 12.1 Å². The second kappa shape index (κ2) is 13.4. The van der Waals surface area contributed by atoms with Crippen LogP contribution < -0.4 is 0 Å². The van der Waals surface area contributed by atoms with Gasteiger partial charge in [0, 0.05) is 6.42 Å². The molecular formula is C8H14N2O2S. The minimum atomic E-state index is -0.125. The van der Waals surface area contributed by atoms with Gasteiger partial charge in [0.2, 0.25) is 0 Å². The van der Waals surface area contributed by atoms with Crippen molar-refractivity contribution in [1.29, 1.82) is 10.5 Å². The molecule has 0 fully saturated rings. The summed E-state index contributed by atoms with van der Waals surface area (Å²) >= 11 is 0.